The summed E-state index contributed by atoms with van der Waals surface area (Å²) in [5.41, 5.74) is 1.19. The zero-order chi connectivity index (χ0) is 24.3. The van der Waals surface area contributed by atoms with Crippen LogP contribution in [-0.2, 0) is 27.4 Å². The monoisotopic (exact) mass is 457 g/mol. The molecule has 7 heteroatoms. The third kappa shape index (κ3) is 11.0. The van der Waals surface area contributed by atoms with Crippen molar-refractivity contribution in [1.29, 1.82) is 0 Å². The third-order valence-electron chi connectivity index (χ3n) is 4.78. The quantitative estimate of drug-likeness (QED) is 0.494. The number of rotatable bonds is 11. The summed E-state index contributed by atoms with van der Waals surface area (Å²) in [7, 11) is 0. The second kappa shape index (κ2) is 13.0. The first-order valence-corrected chi connectivity index (χ1v) is 11.2. The predicted octanol–water partition coefficient (Wildman–Crippen LogP) is 4.06. The molecule has 0 aliphatic carbocycles. The number of aliphatic hydroxyl groups excluding tert-OH is 2. The van der Waals surface area contributed by atoms with Crippen molar-refractivity contribution in [2.75, 3.05) is 6.54 Å². The second-order valence-corrected chi connectivity index (χ2v) is 9.07. The zero-order valence-electron chi connectivity index (χ0n) is 19.6. The van der Waals surface area contributed by atoms with Crippen molar-refractivity contribution in [3.05, 3.63) is 71.8 Å². The van der Waals surface area contributed by atoms with Crippen LogP contribution in [0.2, 0.25) is 0 Å². The van der Waals surface area contributed by atoms with Crippen molar-refractivity contribution in [3.63, 3.8) is 0 Å². The minimum Gasteiger partial charge on any atom is -0.460 e. The van der Waals surface area contributed by atoms with Gasteiger partial charge < -0.3 is 24.6 Å². The maximum Gasteiger partial charge on any atom is 0.410 e. The van der Waals surface area contributed by atoms with Gasteiger partial charge in [-0.3, -0.25) is 4.79 Å². The molecule has 2 aromatic carbocycles. The molecule has 0 fully saturated rings. The number of hydrogen-bond donors (Lipinski definition) is 2. The van der Waals surface area contributed by atoms with Crippen LogP contribution in [-0.4, -0.2) is 51.5 Å². The van der Waals surface area contributed by atoms with E-state index in [1.165, 1.54) is 4.90 Å². The van der Waals surface area contributed by atoms with E-state index >= 15 is 0 Å². The average molecular weight is 458 g/mol. The molecule has 0 heterocycles. The molecule has 0 aliphatic rings. The molecule has 7 nitrogen and oxygen atoms in total. The van der Waals surface area contributed by atoms with Gasteiger partial charge in [-0.1, -0.05) is 60.7 Å². The fourth-order valence-corrected chi connectivity index (χ4v) is 3.24. The van der Waals surface area contributed by atoms with Crippen LogP contribution in [0, 0.1) is 0 Å². The zero-order valence-corrected chi connectivity index (χ0v) is 19.6. The Kier molecular flexibility index (Phi) is 10.4. The Labute approximate surface area is 195 Å². The summed E-state index contributed by atoms with van der Waals surface area (Å²) in [5, 5.41) is 20.5. The van der Waals surface area contributed by atoms with E-state index in [4.69, 9.17) is 9.47 Å². The predicted molar refractivity (Wildman–Crippen MR) is 125 cm³/mol. The smallest absolute Gasteiger partial charge is 0.410 e. The van der Waals surface area contributed by atoms with Crippen molar-refractivity contribution < 1.29 is 29.3 Å². The van der Waals surface area contributed by atoms with Crippen LogP contribution in [0.15, 0.2) is 60.7 Å². The first-order chi connectivity index (χ1) is 15.6. The molecule has 2 N–H and O–H groups in total. The highest BCUT2D eigenvalue weighted by atomic mass is 16.6. The summed E-state index contributed by atoms with van der Waals surface area (Å²) in [4.78, 5) is 26.1. The molecule has 2 aromatic rings. The molecule has 33 heavy (non-hydrogen) atoms. The number of esters is 1. The van der Waals surface area contributed by atoms with Gasteiger partial charge in [0.2, 0.25) is 0 Å². The lowest BCUT2D eigenvalue weighted by atomic mass is 10.1. The maximum atomic E-state index is 12.7. The van der Waals surface area contributed by atoms with Gasteiger partial charge in [-0.25, -0.2) is 4.79 Å². The largest absolute Gasteiger partial charge is 0.460 e. The van der Waals surface area contributed by atoms with Crippen molar-refractivity contribution in [2.24, 2.45) is 0 Å². The molecule has 180 valence electrons. The Morgan fingerprint density at radius 3 is 2.06 bits per heavy atom. The molecule has 0 aromatic heterocycles. The van der Waals surface area contributed by atoms with E-state index < -0.39 is 29.9 Å². The normalized spacial score (nSPS) is 13.1. The Morgan fingerprint density at radius 1 is 0.909 bits per heavy atom. The molecule has 0 saturated carbocycles. The fourth-order valence-electron chi connectivity index (χ4n) is 3.24. The lowest BCUT2D eigenvalue weighted by Crippen LogP contribution is -2.34. The van der Waals surface area contributed by atoms with E-state index in [1.54, 1.807) is 20.8 Å². The Morgan fingerprint density at radius 2 is 1.48 bits per heavy atom. The third-order valence-corrected chi connectivity index (χ3v) is 4.78. The van der Waals surface area contributed by atoms with Gasteiger partial charge >= 0.3 is 12.1 Å². The summed E-state index contributed by atoms with van der Waals surface area (Å²) in [5.74, 6) is -0.516. The van der Waals surface area contributed by atoms with Crippen molar-refractivity contribution in [3.8, 4) is 0 Å². The molecular weight excluding hydrogens is 422 g/mol. The van der Waals surface area contributed by atoms with Gasteiger partial charge in [0.25, 0.3) is 0 Å². The standard InChI is InChI=1S/C26H35NO6/c1-26(2,3)33-24(30)17-23(29)16-22(28)14-15-27(18-20-10-6-4-7-11-20)25(31)32-19-21-12-8-5-9-13-21/h4-13,22-23,28-29H,14-19H2,1-3H3/t22-,23-/m1/s1. The van der Waals surface area contributed by atoms with Crippen LogP contribution in [0.5, 0.6) is 0 Å². The van der Waals surface area contributed by atoms with Gasteiger partial charge in [-0.2, -0.15) is 0 Å². The van der Waals surface area contributed by atoms with E-state index in [0.29, 0.717) is 6.54 Å². The van der Waals surface area contributed by atoms with Gasteiger partial charge in [0, 0.05) is 13.1 Å². The first kappa shape index (κ1) is 26.4. The number of amides is 1. The second-order valence-electron chi connectivity index (χ2n) is 9.07. The first-order valence-electron chi connectivity index (χ1n) is 11.2. The van der Waals surface area contributed by atoms with Crippen LogP contribution >= 0.6 is 0 Å². The van der Waals surface area contributed by atoms with Gasteiger partial charge in [0.05, 0.1) is 18.6 Å². The number of carbonyl (C=O) groups excluding carboxylic acids is 2. The Hall–Kier alpha value is -2.90. The summed E-state index contributed by atoms with van der Waals surface area (Å²) in [6.07, 6.45) is -2.34. The molecule has 0 radical (unpaired) electrons. The highest BCUT2D eigenvalue weighted by Gasteiger charge is 2.22. The van der Waals surface area contributed by atoms with E-state index in [-0.39, 0.29) is 32.4 Å². The molecule has 0 saturated heterocycles. The number of aliphatic hydroxyl groups is 2. The highest BCUT2D eigenvalue weighted by Crippen LogP contribution is 2.14. The molecule has 0 unspecified atom stereocenters. The number of nitrogens with zero attached hydrogens (tertiary/aromatic N) is 1. The molecule has 1 amide bonds. The van der Waals surface area contributed by atoms with Gasteiger partial charge in [0.1, 0.15) is 12.2 Å². The fraction of sp³-hybridized carbons (Fsp3) is 0.462. The minimum absolute atomic E-state index is 0.0114. The van der Waals surface area contributed by atoms with Gasteiger partial charge in [-0.05, 0) is 44.7 Å². The van der Waals surface area contributed by atoms with E-state index in [2.05, 4.69) is 0 Å². The lowest BCUT2D eigenvalue weighted by molar-refractivity contribution is -0.157. The number of ether oxygens (including phenoxy) is 2. The van der Waals surface area contributed by atoms with Crippen LogP contribution in [0.1, 0.15) is 51.2 Å². The summed E-state index contributed by atoms with van der Waals surface area (Å²) < 4.78 is 10.7. The number of hydrogen-bond acceptors (Lipinski definition) is 6. The maximum absolute atomic E-state index is 12.7. The average Bonchev–Trinajstić information content (AvgIpc) is 2.74. The highest BCUT2D eigenvalue weighted by molar-refractivity contribution is 5.70. The van der Waals surface area contributed by atoms with Crippen LogP contribution in [0.3, 0.4) is 0 Å². The SMILES string of the molecule is CC(C)(C)OC(=O)C[C@H](O)C[C@H](O)CCN(Cc1ccccc1)C(=O)OCc1ccccc1. The number of benzene rings is 2. The summed E-state index contributed by atoms with van der Waals surface area (Å²) in [6, 6.07) is 18.9. The van der Waals surface area contributed by atoms with E-state index in [1.807, 2.05) is 60.7 Å². The summed E-state index contributed by atoms with van der Waals surface area (Å²) >= 11 is 0. The van der Waals surface area contributed by atoms with Gasteiger partial charge in [0.15, 0.2) is 0 Å². The van der Waals surface area contributed by atoms with Crippen LogP contribution < -0.4 is 0 Å². The van der Waals surface area contributed by atoms with Crippen molar-refractivity contribution in [1.82, 2.24) is 4.90 Å². The molecule has 0 spiro atoms. The minimum atomic E-state index is -1.03. The van der Waals surface area contributed by atoms with Crippen molar-refractivity contribution >= 4 is 12.1 Å². The topological polar surface area (TPSA) is 96.3 Å². The van der Waals surface area contributed by atoms with Crippen LogP contribution in [0.25, 0.3) is 0 Å². The van der Waals surface area contributed by atoms with E-state index in [0.717, 1.165) is 11.1 Å². The van der Waals surface area contributed by atoms with E-state index in [9.17, 15) is 19.8 Å². The molecule has 2 rings (SSSR count). The molecule has 0 bridgehead atoms. The Balaban J connectivity index is 1.89. The van der Waals surface area contributed by atoms with Crippen molar-refractivity contribution in [2.45, 2.75) is 71.0 Å². The Bertz CT molecular complexity index is 850. The van der Waals surface area contributed by atoms with Crippen LogP contribution in [0.4, 0.5) is 4.79 Å². The summed E-state index contributed by atoms with van der Waals surface area (Å²) in [6.45, 7) is 5.99. The lowest BCUT2D eigenvalue weighted by Gasteiger charge is -2.24. The number of carbonyl (C=O) groups is 2. The van der Waals surface area contributed by atoms with Gasteiger partial charge in [-0.15, -0.1) is 0 Å². The molecule has 2 atom stereocenters. The molecule has 0 aliphatic heterocycles. The molecular formula is C26H35NO6.